The SMILES string of the molecule is COCN=C1C(=C(O)c2ccc(C(F)F)nc2C)C(=O)C(C)(C)C(=O)C1(C)C. The van der Waals surface area contributed by atoms with Crippen LogP contribution in [-0.4, -0.2) is 41.2 Å². The van der Waals surface area contributed by atoms with Crippen LogP contribution in [0.3, 0.4) is 0 Å². The normalized spacial score (nSPS) is 22.1. The zero-order chi connectivity index (χ0) is 21.4. The molecule has 1 N–H and O–H groups in total. The molecule has 152 valence electrons. The van der Waals surface area contributed by atoms with Gasteiger partial charge in [-0.2, -0.15) is 0 Å². The lowest BCUT2D eigenvalue weighted by Gasteiger charge is -2.40. The van der Waals surface area contributed by atoms with Gasteiger partial charge in [-0.25, -0.2) is 8.78 Å². The Morgan fingerprint density at radius 3 is 2.32 bits per heavy atom. The number of pyridine rings is 1. The molecule has 1 heterocycles. The van der Waals surface area contributed by atoms with Crippen molar-refractivity contribution in [2.24, 2.45) is 15.8 Å². The second kappa shape index (κ2) is 7.50. The lowest BCUT2D eigenvalue weighted by atomic mass is 9.60. The van der Waals surface area contributed by atoms with Crippen LogP contribution < -0.4 is 0 Å². The number of halogens is 2. The third-order valence-corrected chi connectivity index (χ3v) is 4.93. The van der Waals surface area contributed by atoms with Crippen molar-refractivity contribution >= 4 is 23.0 Å². The van der Waals surface area contributed by atoms with Crippen molar-refractivity contribution in [3.8, 4) is 0 Å². The van der Waals surface area contributed by atoms with E-state index < -0.39 is 34.5 Å². The summed E-state index contributed by atoms with van der Waals surface area (Å²) in [6.07, 6.45) is -2.76. The Labute approximate surface area is 162 Å². The van der Waals surface area contributed by atoms with Crippen molar-refractivity contribution in [2.45, 2.75) is 41.0 Å². The molecule has 0 aromatic carbocycles. The molecule has 1 aliphatic rings. The molecule has 1 saturated carbocycles. The first-order valence-electron chi connectivity index (χ1n) is 8.70. The third kappa shape index (κ3) is 3.48. The molecule has 2 rings (SSSR count). The number of aliphatic imine (C=N–C) groups is 1. The van der Waals surface area contributed by atoms with E-state index in [0.717, 1.165) is 6.07 Å². The standard InChI is InChI=1S/C20H24F2N2O4/c1-10-11(7-8-12(24-10)17(21)22)14(25)13-15(23-9-28-6)19(2,3)18(27)20(4,5)16(13)26/h7-8,17,25H,9H2,1-6H3. The minimum Gasteiger partial charge on any atom is -0.506 e. The zero-order valence-electron chi connectivity index (χ0n) is 16.8. The summed E-state index contributed by atoms with van der Waals surface area (Å²) in [5.41, 5.74) is -2.75. The highest BCUT2D eigenvalue weighted by Gasteiger charge is 2.55. The van der Waals surface area contributed by atoms with Gasteiger partial charge in [-0.3, -0.25) is 19.6 Å². The van der Waals surface area contributed by atoms with Crippen LogP contribution in [0.25, 0.3) is 5.76 Å². The monoisotopic (exact) mass is 394 g/mol. The molecular formula is C20H24F2N2O4. The number of ketones is 2. The Morgan fingerprint density at radius 1 is 1.21 bits per heavy atom. The van der Waals surface area contributed by atoms with Crippen LogP contribution in [0, 0.1) is 17.8 Å². The quantitative estimate of drug-likeness (QED) is 0.476. The van der Waals surface area contributed by atoms with Crippen LogP contribution in [0.5, 0.6) is 0 Å². The number of carbonyl (C=O) groups excluding carboxylic acids is 2. The van der Waals surface area contributed by atoms with E-state index >= 15 is 0 Å². The molecule has 0 saturated heterocycles. The van der Waals surface area contributed by atoms with Crippen LogP contribution in [0.4, 0.5) is 8.78 Å². The number of aliphatic hydroxyl groups excluding tert-OH is 1. The van der Waals surface area contributed by atoms with Gasteiger partial charge in [-0.05, 0) is 46.8 Å². The van der Waals surface area contributed by atoms with Gasteiger partial charge in [-0.1, -0.05) is 0 Å². The van der Waals surface area contributed by atoms with Gasteiger partial charge in [0.2, 0.25) is 0 Å². The van der Waals surface area contributed by atoms with E-state index in [0.29, 0.717) is 0 Å². The van der Waals surface area contributed by atoms with Crippen molar-refractivity contribution in [3.63, 3.8) is 0 Å². The minimum atomic E-state index is -2.76. The topological polar surface area (TPSA) is 88.8 Å². The van der Waals surface area contributed by atoms with Crippen molar-refractivity contribution in [3.05, 3.63) is 34.7 Å². The number of aliphatic hydroxyl groups is 1. The fraction of sp³-hybridized carbons (Fsp3) is 0.500. The van der Waals surface area contributed by atoms with Gasteiger partial charge >= 0.3 is 0 Å². The Morgan fingerprint density at radius 2 is 1.82 bits per heavy atom. The molecule has 1 aliphatic carbocycles. The maximum Gasteiger partial charge on any atom is 0.280 e. The molecule has 1 aromatic rings. The molecule has 0 unspecified atom stereocenters. The Balaban J connectivity index is 2.79. The average Bonchev–Trinajstić information content (AvgIpc) is 2.62. The predicted molar refractivity (Wildman–Crippen MR) is 100 cm³/mol. The molecule has 0 bridgehead atoms. The highest BCUT2D eigenvalue weighted by atomic mass is 19.3. The fourth-order valence-corrected chi connectivity index (χ4v) is 3.44. The third-order valence-electron chi connectivity index (χ3n) is 4.93. The molecular weight excluding hydrogens is 370 g/mol. The summed E-state index contributed by atoms with van der Waals surface area (Å²) in [6, 6.07) is 2.37. The van der Waals surface area contributed by atoms with Crippen molar-refractivity contribution in [1.29, 1.82) is 0 Å². The number of allylic oxidation sites excluding steroid dienone is 1. The number of methoxy groups -OCH3 is 1. The molecule has 0 radical (unpaired) electrons. The number of rotatable bonds is 4. The minimum absolute atomic E-state index is 0.0958. The number of ether oxygens (including phenoxy) is 1. The van der Waals surface area contributed by atoms with Gasteiger partial charge < -0.3 is 9.84 Å². The van der Waals surface area contributed by atoms with E-state index in [1.54, 1.807) is 13.8 Å². The molecule has 8 heteroatoms. The molecule has 6 nitrogen and oxygen atoms in total. The number of carbonyl (C=O) groups is 2. The lowest BCUT2D eigenvalue weighted by molar-refractivity contribution is -0.141. The zero-order valence-corrected chi connectivity index (χ0v) is 16.8. The smallest absolute Gasteiger partial charge is 0.280 e. The molecule has 0 spiro atoms. The van der Waals surface area contributed by atoms with E-state index in [9.17, 15) is 23.5 Å². The number of aryl methyl sites for hydroxylation is 1. The van der Waals surface area contributed by atoms with Gasteiger partial charge in [0.25, 0.3) is 6.43 Å². The summed E-state index contributed by atoms with van der Waals surface area (Å²) in [4.78, 5) is 34.0. The first-order valence-corrected chi connectivity index (χ1v) is 8.70. The molecule has 28 heavy (non-hydrogen) atoms. The summed E-state index contributed by atoms with van der Waals surface area (Å²) >= 11 is 0. The van der Waals surface area contributed by atoms with Crippen LogP contribution in [0.1, 0.15) is 51.1 Å². The van der Waals surface area contributed by atoms with E-state index in [-0.39, 0.29) is 35.1 Å². The summed E-state index contributed by atoms with van der Waals surface area (Å²) in [6.45, 7) is 7.57. The van der Waals surface area contributed by atoms with Gasteiger partial charge in [-0.15, -0.1) is 0 Å². The molecule has 0 aliphatic heterocycles. The molecule has 1 fully saturated rings. The summed E-state index contributed by atoms with van der Waals surface area (Å²) < 4.78 is 30.7. The van der Waals surface area contributed by atoms with Gasteiger partial charge in [0.15, 0.2) is 11.6 Å². The lowest BCUT2D eigenvalue weighted by Crippen LogP contribution is -2.54. The van der Waals surface area contributed by atoms with E-state index in [1.165, 1.54) is 33.9 Å². The Kier molecular flexibility index (Phi) is 5.85. The first-order chi connectivity index (χ1) is 12.9. The van der Waals surface area contributed by atoms with Gasteiger partial charge in [0.05, 0.1) is 22.1 Å². The number of alkyl halides is 2. The molecule has 0 amide bonds. The highest BCUT2D eigenvalue weighted by molar-refractivity contribution is 6.41. The maximum atomic E-state index is 13.1. The average molecular weight is 394 g/mol. The molecule has 0 atom stereocenters. The summed E-state index contributed by atoms with van der Waals surface area (Å²) in [7, 11) is 1.41. The van der Waals surface area contributed by atoms with Crippen LogP contribution in [0.2, 0.25) is 0 Å². The Bertz CT molecular complexity index is 886. The second-order valence-electron chi connectivity index (χ2n) is 7.73. The second-order valence-corrected chi connectivity index (χ2v) is 7.73. The van der Waals surface area contributed by atoms with Gasteiger partial charge in [0, 0.05) is 18.4 Å². The number of hydrogen-bond acceptors (Lipinski definition) is 6. The summed E-state index contributed by atoms with van der Waals surface area (Å²) in [5, 5.41) is 10.9. The maximum absolute atomic E-state index is 13.1. The van der Waals surface area contributed by atoms with E-state index in [2.05, 4.69) is 9.98 Å². The van der Waals surface area contributed by atoms with Crippen LogP contribution >= 0.6 is 0 Å². The van der Waals surface area contributed by atoms with Crippen molar-refractivity contribution in [1.82, 2.24) is 4.98 Å². The highest BCUT2D eigenvalue weighted by Crippen LogP contribution is 2.43. The summed E-state index contributed by atoms with van der Waals surface area (Å²) in [5.74, 6) is -1.37. The largest absolute Gasteiger partial charge is 0.506 e. The van der Waals surface area contributed by atoms with Crippen LogP contribution in [-0.2, 0) is 14.3 Å². The number of Topliss-reactive ketones (excluding diaryl/α,β-unsaturated/α-hetero) is 2. The number of hydrogen-bond donors (Lipinski definition) is 1. The number of aromatic nitrogens is 1. The van der Waals surface area contributed by atoms with Crippen molar-refractivity contribution in [2.75, 3.05) is 13.8 Å². The van der Waals surface area contributed by atoms with Crippen molar-refractivity contribution < 1.29 is 28.2 Å². The Hall–Kier alpha value is -2.48. The fourth-order valence-electron chi connectivity index (χ4n) is 3.44. The van der Waals surface area contributed by atoms with Crippen LogP contribution in [0.15, 0.2) is 22.7 Å². The van der Waals surface area contributed by atoms with E-state index in [4.69, 9.17) is 4.74 Å². The first kappa shape index (κ1) is 21.8. The number of nitrogens with zero attached hydrogens (tertiary/aromatic N) is 2. The van der Waals surface area contributed by atoms with Gasteiger partial charge in [0.1, 0.15) is 18.2 Å². The predicted octanol–water partition coefficient (Wildman–Crippen LogP) is 3.85. The molecule has 1 aromatic heterocycles. The van der Waals surface area contributed by atoms with E-state index in [1.807, 2.05) is 0 Å².